The van der Waals surface area contributed by atoms with Gasteiger partial charge >= 0.3 is 5.97 Å². The van der Waals surface area contributed by atoms with E-state index in [1.54, 1.807) is 37.3 Å². The van der Waals surface area contributed by atoms with Gasteiger partial charge in [-0.05, 0) is 51.1 Å². The van der Waals surface area contributed by atoms with Crippen molar-refractivity contribution in [3.63, 3.8) is 0 Å². The molecule has 28 heavy (non-hydrogen) atoms. The van der Waals surface area contributed by atoms with E-state index in [2.05, 4.69) is 10.3 Å². The zero-order chi connectivity index (χ0) is 20.3. The third-order valence-electron chi connectivity index (χ3n) is 4.30. The van der Waals surface area contributed by atoms with Crippen LogP contribution in [0.5, 0.6) is 0 Å². The van der Waals surface area contributed by atoms with Crippen molar-refractivity contribution in [2.24, 2.45) is 0 Å². The summed E-state index contributed by atoms with van der Waals surface area (Å²) >= 11 is 0. The number of carbonyl (C=O) groups excluding carboxylic acids is 3. The second-order valence-corrected chi connectivity index (χ2v) is 6.54. The summed E-state index contributed by atoms with van der Waals surface area (Å²) in [4.78, 5) is 40.6. The van der Waals surface area contributed by atoms with Crippen LogP contribution in [-0.4, -0.2) is 29.3 Å². The molecule has 0 unspecified atom stereocenters. The molecule has 0 aliphatic heterocycles. The third-order valence-corrected chi connectivity index (χ3v) is 4.30. The fourth-order valence-corrected chi connectivity index (χ4v) is 2.89. The Morgan fingerprint density at radius 3 is 2.50 bits per heavy atom. The minimum absolute atomic E-state index is 0.166. The Kier molecular flexibility index (Phi) is 5.49. The number of aryl methyl sites for hydroxylation is 2. The summed E-state index contributed by atoms with van der Waals surface area (Å²) in [6, 6.07) is 14.2. The molecule has 6 heteroatoms. The molecule has 0 spiro atoms. The molecule has 2 aromatic carbocycles. The highest BCUT2D eigenvalue weighted by Gasteiger charge is 2.16. The van der Waals surface area contributed by atoms with Gasteiger partial charge in [0.15, 0.2) is 12.4 Å². The Balaban J connectivity index is 1.70. The lowest BCUT2D eigenvalue weighted by atomic mass is 10.1. The van der Waals surface area contributed by atoms with Crippen LogP contribution in [0.15, 0.2) is 48.5 Å². The van der Waals surface area contributed by atoms with Crippen molar-refractivity contribution in [3.05, 3.63) is 70.9 Å². The van der Waals surface area contributed by atoms with Gasteiger partial charge in [0.2, 0.25) is 0 Å². The number of nitrogens with one attached hydrogen (secondary N) is 1. The SMILES string of the molecule is CC(=O)c1ccccc1NC(=O)COC(=O)c1cc2cc(C)ccc2nc1C. The summed E-state index contributed by atoms with van der Waals surface area (Å²) < 4.78 is 5.15. The highest BCUT2D eigenvalue weighted by Crippen LogP contribution is 2.19. The molecule has 0 aliphatic carbocycles. The van der Waals surface area contributed by atoms with Gasteiger partial charge in [0.25, 0.3) is 5.91 Å². The molecule has 0 bridgehead atoms. The molecular weight excluding hydrogens is 356 g/mol. The quantitative estimate of drug-likeness (QED) is 0.540. The van der Waals surface area contributed by atoms with Gasteiger partial charge in [0.1, 0.15) is 0 Å². The van der Waals surface area contributed by atoms with E-state index in [1.807, 2.05) is 25.1 Å². The molecule has 6 nitrogen and oxygen atoms in total. The summed E-state index contributed by atoms with van der Waals surface area (Å²) in [5.41, 5.74) is 3.47. The first-order chi connectivity index (χ1) is 13.3. The Bertz CT molecular complexity index is 1090. The van der Waals surface area contributed by atoms with Crippen molar-refractivity contribution in [3.8, 4) is 0 Å². The van der Waals surface area contributed by atoms with Gasteiger partial charge < -0.3 is 10.1 Å². The number of ether oxygens (including phenoxy) is 1. The summed E-state index contributed by atoms with van der Waals surface area (Å²) in [6.07, 6.45) is 0. The lowest BCUT2D eigenvalue weighted by Gasteiger charge is -2.11. The number of rotatable bonds is 5. The van der Waals surface area contributed by atoms with E-state index >= 15 is 0 Å². The van der Waals surface area contributed by atoms with Crippen LogP contribution >= 0.6 is 0 Å². The first-order valence-electron chi connectivity index (χ1n) is 8.80. The standard InChI is InChI=1S/C22H20N2O4/c1-13-8-9-19-16(10-13)11-18(14(2)23-19)22(27)28-12-21(26)24-20-7-5-4-6-17(20)15(3)25/h4-11H,12H2,1-3H3,(H,24,26). The third kappa shape index (κ3) is 4.23. The average molecular weight is 376 g/mol. The number of aromatic nitrogens is 1. The molecule has 0 saturated carbocycles. The van der Waals surface area contributed by atoms with Crippen molar-refractivity contribution in [1.82, 2.24) is 4.98 Å². The van der Waals surface area contributed by atoms with Gasteiger partial charge in [-0.2, -0.15) is 0 Å². The van der Waals surface area contributed by atoms with E-state index in [9.17, 15) is 14.4 Å². The number of amides is 1. The molecule has 1 aromatic heterocycles. The number of hydrogen-bond donors (Lipinski definition) is 1. The van der Waals surface area contributed by atoms with Gasteiger partial charge in [0.05, 0.1) is 22.5 Å². The molecule has 1 heterocycles. The van der Waals surface area contributed by atoms with Gasteiger partial charge in [-0.3, -0.25) is 14.6 Å². The molecule has 0 fully saturated rings. The number of fused-ring (bicyclic) bond motifs is 1. The number of carbonyl (C=O) groups is 3. The predicted octanol–water partition coefficient (Wildman–Crippen LogP) is 3.85. The van der Waals surface area contributed by atoms with Crippen molar-refractivity contribution < 1.29 is 19.1 Å². The van der Waals surface area contributed by atoms with Crippen LogP contribution in [0.2, 0.25) is 0 Å². The second kappa shape index (κ2) is 8.00. The fraction of sp³-hybridized carbons (Fsp3) is 0.182. The maximum absolute atomic E-state index is 12.4. The zero-order valence-electron chi connectivity index (χ0n) is 15.9. The number of hydrogen-bond acceptors (Lipinski definition) is 5. The van der Waals surface area contributed by atoms with E-state index in [-0.39, 0.29) is 5.78 Å². The molecule has 0 radical (unpaired) electrons. The molecule has 0 saturated heterocycles. The molecule has 3 rings (SSSR count). The second-order valence-electron chi connectivity index (χ2n) is 6.54. The first kappa shape index (κ1) is 19.2. The Hall–Kier alpha value is -3.54. The minimum atomic E-state index is -0.622. The lowest BCUT2D eigenvalue weighted by molar-refractivity contribution is -0.119. The van der Waals surface area contributed by atoms with Crippen molar-refractivity contribution in [2.75, 3.05) is 11.9 Å². The number of para-hydroxylation sites is 1. The zero-order valence-corrected chi connectivity index (χ0v) is 15.9. The van der Waals surface area contributed by atoms with Crippen LogP contribution in [0.4, 0.5) is 5.69 Å². The number of nitrogens with zero attached hydrogens (tertiary/aromatic N) is 1. The largest absolute Gasteiger partial charge is 0.452 e. The maximum atomic E-state index is 12.4. The molecule has 1 N–H and O–H groups in total. The number of Topliss-reactive ketones (excluding diaryl/α,β-unsaturated/α-hetero) is 1. The van der Waals surface area contributed by atoms with Crippen LogP contribution in [-0.2, 0) is 9.53 Å². The summed E-state index contributed by atoms with van der Waals surface area (Å²) in [7, 11) is 0. The van der Waals surface area contributed by atoms with E-state index < -0.39 is 18.5 Å². The molecular formula is C22H20N2O4. The summed E-state index contributed by atoms with van der Waals surface area (Å²) in [6.45, 7) is 4.64. The van der Waals surface area contributed by atoms with E-state index in [4.69, 9.17) is 4.74 Å². The van der Waals surface area contributed by atoms with E-state index in [1.165, 1.54) is 6.92 Å². The maximum Gasteiger partial charge on any atom is 0.340 e. The molecule has 142 valence electrons. The Morgan fingerprint density at radius 2 is 1.75 bits per heavy atom. The summed E-state index contributed by atoms with van der Waals surface area (Å²) in [5.74, 6) is -1.31. The Morgan fingerprint density at radius 1 is 1.00 bits per heavy atom. The molecule has 3 aromatic rings. The monoisotopic (exact) mass is 376 g/mol. The van der Waals surface area contributed by atoms with Gasteiger partial charge in [-0.1, -0.05) is 23.8 Å². The Labute approximate surface area is 162 Å². The van der Waals surface area contributed by atoms with Crippen LogP contribution in [0.1, 0.15) is 38.9 Å². The molecule has 0 atom stereocenters. The topological polar surface area (TPSA) is 85.4 Å². The van der Waals surface area contributed by atoms with Crippen molar-refractivity contribution in [2.45, 2.75) is 20.8 Å². The normalized spacial score (nSPS) is 10.5. The average Bonchev–Trinajstić information content (AvgIpc) is 2.66. The van der Waals surface area contributed by atoms with Crippen LogP contribution in [0, 0.1) is 13.8 Å². The summed E-state index contributed by atoms with van der Waals surface area (Å²) in [5, 5.41) is 3.43. The number of ketones is 1. The number of benzene rings is 2. The van der Waals surface area contributed by atoms with Crippen LogP contribution < -0.4 is 5.32 Å². The van der Waals surface area contributed by atoms with Crippen molar-refractivity contribution >= 4 is 34.3 Å². The van der Waals surface area contributed by atoms with Gasteiger partial charge in [-0.25, -0.2) is 4.79 Å². The predicted molar refractivity (Wildman–Crippen MR) is 107 cm³/mol. The number of anilines is 1. The van der Waals surface area contributed by atoms with Gasteiger partial charge in [0, 0.05) is 10.9 Å². The minimum Gasteiger partial charge on any atom is -0.452 e. The molecule has 0 aliphatic rings. The molecule has 1 amide bonds. The number of pyridine rings is 1. The van der Waals surface area contributed by atoms with Crippen LogP contribution in [0.25, 0.3) is 10.9 Å². The highest BCUT2D eigenvalue weighted by atomic mass is 16.5. The lowest BCUT2D eigenvalue weighted by Crippen LogP contribution is -2.22. The smallest absolute Gasteiger partial charge is 0.340 e. The van der Waals surface area contributed by atoms with Crippen LogP contribution in [0.3, 0.4) is 0 Å². The van der Waals surface area contributed by atoms with E-state index in [0.29, 0.717) is 22.5 Å². The fourth-order valence-electron chi connectivity index (χ4n) is 2.89. The van der Waals surface area contributed by atoms with E-state index in [0.717, 1.165) is 16.5 Å². The van der Waals surface area contributed by atoms with Gasteiger partial charge in [-0.15, -0.1) is 0 Å². The number of esters is 1. The first-order valence-corrected chi connectivity index (χ1v) is 8.80. The van der Waals surface area contributed by atoms with Crippen molar-refractivity contribution in [1.29, 1.82) is 0 Å². The highest BCUT2D eigenvalue weighted by molar-refractivity contribution is 6.04.